The van der Waals surface area contributed by atoms with Crippen molar-refractivity contribution in [3.8, 4) is 0 Å². The number of fused-ring (bicyclic) bond motifs is 1. The lowest BCUT2D eigenvalue weighted by atomic mass is 10.3. The molecule has 3 rings (SSSR count). The Morgan fingerprint density at radius 1 is 1.30 bits per heavy atom. The Bertz CT molecular complexity index is 744. The van der Waals surface area contributed by atoms with Gasteiger partial charge >= 0.3 is 0 Å². The number of nitrogens with zero attached hydrogens (tertiary/aromatic N) is 2. The van der Waals surface area contributed by atoms with Gasteiger partial charge in [-0.15, -0.1) is 0 Å². The highest BCUT2D eigenvalue weighted by atomic mass is 16.3. The number of furan rings is 1. The summed E-state index contributed by atoms with van der Waals surface area (Å²) in [5, 5.41) is 2.88. The minimum atomic E-state index is -0.241. The van der Waals surface area contributed by atoms with Gasteiger partial charge in [0.1, 0.15) is 5.82 Å². The molecule has 0 aliphatic carbocycles. The Morgan fingerprint density at radius 2 is 2.10 bits per heavy atom. The van der Waals surface area contributed by atoms with Crippen LogP contribution in [0.3, 0.4) is 0 Å². The van der Waals surface area contributed by atoms with Crippen molar-refractivity contribution in [1.29, 1.82) is 0 Å². The SMILES string of the molecule is CC(NC(=O)c1ccco1)c1nc2ccccc2n1C. The number of nitrogens with one attached hydrogen (secondary N) is 1. The van der Waals surface area contributed by atoms with E-state index < -0.39 is 0 Å². The number of para-hydroxylation sites is 2. The van der Waals surface area contributed by atoms with E-state index in [1.54, 1.807) is 12.1 Å². The number of imidazole rings is 1. The van der Waals surface area contributed by atoms with Crippen molar-refractivity contribution < 1.29 is 9.21 Å². The molecule has 2 aromatic heterocycles. The van der Waals surface area contributed by atoms with Crippen LogP contribution in [0, 0.1) is 0 Å². The Morgan fingerprint density at radius 3 is 2.80 bits per heavy atom. The van der Waals surface area contributed by atoms with Gasteiger partial charge in [0.2, 0.25) is 0 Å². The van der Waals surface area contributed by atoms with Crippen molar-refractivity contribution in [1.82, 2.24) is 14.9 Å². The van der Waals surface area contributed by atoms with Crippen LogP contribution in [0.2, 0.25) is 0 Å². The minimum absolute atomic E-state index is 0.204. The highest BCUT2D eigenvalue weighted by Crippen LogP contribution is 2.19. The number of benzene rings is 1. The van der Waals surface area contributed by atoms with Crippen LogP contribution < -0.4 is 5.32 Å². The maximum atomic E-state index is 12.0. The van der Waals surface area contributed by atoms with E-state index in [-0.39, 0.29) is 11.9 Å². The quantitative estimate of drug-likeness (QED) is 0.795. The number of hydrogen-bond acceptors (Lipinski definition) is 3. The lowest BCUT2D eigenvalue weighted by Gasteiger charge is -2.12. The van der Waals surface area contributed by atoms with Crippen molar-refractivity contribution in [3.05, 3.63) is 54.2 Å². The molecule has 0 spiro atoms. The molecule has 1 unspecified atom stereocenters. The van der Waals surface area contributed by atoms with Gasteiger partial charge in [0.15, 0.2) is 5.76 Å². The van der Waals surface area contributed by atoms with Crippen molar-refractivity contribution in [2.75, 3.05) is 0 Å². The van der Waals surface area contributed by atoms with Crippen LogP contribution in [0.25, 0.3) is 11.0 Å². The van der Waals surface area contributed by atoms with E-state index in [9.17, 15) is 4.79 Å². The van der Waals surface area contributed by atoms with E-state index in [1.165, 1.54) is 6.26 Å². The maximum absolute atomic E-state index is 12.0. The first-order valence-corrected chi connectivity index (χ1v) is 6.42. The highest BCUT2D eigenvalue weighted by molar-refractivity contribution is 5.91. The van der Waals surface area contributed by atoms with Crippen LogP contribution in [0.1, 0.15) is 29.3 Å². The molecule has 0 radical (unpaired) electrons. The predicted molar refractivity (Wildman–Crippen MR) is 75.3 cm³/mol. The third-order valence-electron chi connectivity index (χ3n) is 3.30. The average molecular weight is 269 g/mol. The summed E-state index contributed by atoms with van der Waals surface area (Å²) in [6, 6.07) is 11.0. The molecule has 2 heterocycles. The molecular formula is C15H15N3O2. The molecule has 0 aliphatic rings. The molecule has 5 heteroatoms. The van der Waals surface area contributed by atoms with Crippen LogP contribution >= 0.6 is 0 Å². The summed E-state index contributed by atoms with van der Waals surface area (Å²) >= 11 is 0. The van der Waals surface area contributed by atoms with Gasteiger partial charge in [0, 0.05) is 7.05 Å². The van der Waals surface area contributed by atoms with Gasteiger partial charge in [-0.3, -0.25) is 4.79 Å². The van der Waals surface area contributed by atoms with Gasteiger partial charge in [-0.25, -0.2) is 4.98 Å². The highest BCUT2D eigenvalue weighted by Gasteiger charge is 2.18. The Kier molecular flexibility index (Phi) is 3.02. The van der Waals surface area contributed by atoms with E-state index in [0.717, 1.165) is 16.9 Å². The smallest absolute Gasteiger partial charge is 0.287 e. The largest absolute Gasteiger partial charge is 0.459 e. The number of carbonyl (C=O) groups excluding carboxylic acids is 1. The minimum Gasteiger partial charge on any atom is -0.459 e. The van der Waals surface area contributed by atoms with Crippen molar-refractivity contribution in [2.45, 2.75) is 13.0 Å². The molecule has 1 aromatic carbocycles. The van der Waals surface area contributed by atoms with Gasteiger partial charge in [-0.2, -0.15) is 0 Å². The second kappa shape index (κ2) is 4.85. The zero-order valence-electron chi connectivity index (χ0n) is 11.3. The summed E-state index contributed by atoms with van der Waals surface area (Å²) in [6.07, 6.45) is 1.48. The second-order valence-electron chi connectivity index (χ2n) is 4.69. The van der Waals surface area contributed by atoms with Crippen LogP contribution in [0.15, 0.2) is 47.1 Å². The average Bonchev–Trinajstić information content (AvgIpc) is 3.07. The fourth-order valence-electron chi connectivity index (χ4n) is 2.29. The van der Waals surface area contributed by atoms with Gasteiger partial charge in [-0.1, -0.05) is 12.1 Å². The first kappa shape index (κ1) is 12.5. The summed E-state index contributed by atoms with van der Waals surface area (Å²) in [7, 11) is 1.94. The van der Waals surface area contributed by atoms with Gasteiger partial charge < -0.3 is 14.3 Å². The Labute approximate surface area is 116 Å². The van der Waals surface area contributed by atoms with Crippen molar-refractivity contribution in [3.63, 3.8) is 0 Å². The molecule has 20 heavy (non-hydrogen) atoms. The topological polar surface area (TPSA) is 60.1 Å². The molecule has 1 atom stereocenters. The van der Waals surface area contributed by atoms with Crippen molar-refractivity contribution >= 4 is 16.9 Å². The van der Waals surface area contributed by atoms with E-state index in [0.29, 0.717) is 5.76 Å². The van der Waals surface area contributed by atoms with Crippen LogP contribution in [0.4, 0.5) is 0 Å². The molecule has 102 valence electrons. The van der Waals surface area contributed by atoms with Gasteiger partial charge in [0.25, 0.3) is 5.91 Å². The summed E-state index contributed by atoms with van der Waals surface area (Å²) in [6.45, 7) is 1.90. The Hall–Kier alpha value is -2.56. The third kappa shape index (κ3) is 2.07. The predicted octanol–water partition coefficient (Wildman–Crippen LogP) is 2.66. The van der Waals surface area contributed by atoms with Gasteiger partial charge in [-0.05, 0) is 31.2 Å². The molecule has 0 bridgehead atoms. The molecule has 0 saturated heterocycles. The van der Waals surface area contributed by atoms with E-state index >= 15 is 0 Å². The fourth-order valence-corrected chi connectivity index (χ4v) is 2.29. The van der Waals surface area contributed by atoms with E-state index in [4.69, 9.17) is 4.42 Å². The number of aryl methyl sites for hydroxylation is 1. The lowest BCUT2D eigenvalue weighted by molar-refractivity contribution is 0.0910. The molecule has 0 saturated carbocycles. The second-order valence-corrected chi connectivity index (χ2v) is 4.69. The zero-order chi connectivity index (χ0) is 14.1. The first-order chi connectivity index (χ1) is 9.66. The standard InChI is InChI=1S/C15H15N3O2/c1-10(16-15(19)13-8-5-9-20-13)14-17-11-6-3-4-7-12(11)18(14)2/h3-10H,1-2H3,(H,16,19). The third-order valence-corrected chi connectivity index (χ3v) is 3.30. The lowest BCUT2D eigenvalue weighted by Crippen LogP contribution is -2.28. The molecule has 3 aromatic rings. The van der Waals surface area contributed by atoms with Crippen LogP contribution in [-0.4, -0.2) is 15.5 Å². The summed E-state index contributed by atoms with van der Waals surface area (Å²) in [5.74, 6) is 0.872. The number of aromatic nitrogens is 2. The number of hydrogen-bond donors (Lipinski definition) is 1. The number of rotatable bonds is 3. The summed E-state index contributed by atoms with van der Waals surface area (Å²) < 4.78 is 7.07. The normalized spacial score (nSPS) is 12.5. The molecule has 1 amide bonds. The van der Waals surface area contributed by atoms with Crippen LogP contribution in [-0.2, 0) is 7.05 Å². The molecule has 0 fully saturated rings. The Balaban J connectivity index is 1.87. The number of carbonyl (C=O) groups is 1. The van der Waals surface area contributed by atoms with Gasteiger partial charge in [0.05, 0.1) is 23.3 Å². The molecule has 1 N–H and O–H groups in total. The monoisotopic (exact) mass is 269 g/mol. The van der Waals surface area contributed by atoms with E-state index in [2.05, 4.69) is 10.3 Å². The zero-order valence-corrected chi connectivity index (χ0v) is 11.3. The number of amides is 1. The molecule has 5 nitrogen and oxygen atoms in total. The molecular weight excluding hydrogens is 254 g/mol. The fraction of sp³-hybridized carbons (Fsp3) is 0.200. The summed E-state index contributed by atoms with van der Waals surface area (Å²) in [4.78, 5) is 16.5. The van der Waals surface area contributed by atoms with Crippen LogP contribution in [0.5, 0.6) is 0 Å². The van der Waals surface area contributed by atoms with Crippen molar-refractivity contribution in [2.24, 2.45) is 7.05 Å². The van der Waals surface area contributed by atoms with E-state index in [1.807, 2.05) is 42.8 Å². The maximum Gasteiger partial charge on any atom is 0.287 e. The summed E-state index contributed by atoms with van der Waals surface area (Å²) in [5.41, 5.74) is 1.96. The molecule has 0 aliphatic heterocycles. The first-order valence-electron chi connectivity index (χ1n) is 6.42.